The molecule has 1 aliphatic rings. The van der Waals surface area contributed by atoms with Crippen molar-refractivity contribution < 1.29 is 4.74 Å². The highest BCUT2D eigenvalue weighted by Gasteiger charge is 2.20. The molecule has 0 saturated heterocycles. The van der Waals surface area contributed by atoms with Gasteiger partial charge in [0.15, 0.2) is 5.82 Å². The molecule has 0 bridgehead atoms. The molecule has 0 spiro atoms. The van der Waals surface area contributed by atoms with Crippen LogP contribution in [0.3, 0.4) is 0 Å². The number of hydrogen-bond acceptors (Lipinski definition) is 4. The van der Waals surface area contributed by atoms with E-state index in [1.165, 1.54) is 18.4 Å². The smallest absolute Gasteiger partial charge is 0.154 e. The summed E-state index contributed by atoms with van der Waals surface area (Å²) in [6.07, 6.45) is 5.51. The van der Waals surface area contributed by atoms with Crippen LogP contribution in [0.4, 0.5) is 0 Å². The molecule has 4 heteroatoms. The van der Waals surface area contributed by atoms with E-state index in [1.54, 1.807) is 0 Å². The molecule has 1 heterocycles. The predicted octanol–water partition coefficient (Wildman–Crippen LogP) is 1.83. The normalized spacial score (nSPS) is 15.2. The van der Waals surface area contributed by atoms with Crippen molar-refractivity contribution in [3.05, 3.63) is 23.3 Å². The highest BCUT2D eigenvalue weighted by Crippen LogP contribution is 2.19. The van der Waals surface area contributed by atoms with E-state index < -0.39 is 0 Å². The molecule has 1 fully saturated rings. The van der Waals surface area contributed by atoms with Crippen molar-refractivity contribution >= 4 is 0 Å². The summed E-state index contributed by atoms with van der Waals surface area (Å²) in [5, 5.41) is 3.50. The fraction of sp³-hybridized carbons (Fsp3) is 0.692. The summed E-state index contributed by atoms with van der Waals surface area (Å²) in [6.45, 7) is 6.22. The van der Waals surface area contributed by atoms with E-state index in [1.807, 2.05) is 13.1 Å². The van der Waals surface area contributed by atoms with Gasteiger partial charge in [-0.3, -0.25) is 0 Å². The first-order valence-electron chi connectivity index (χ1n) is 6.48. The van der Waals surface area contributed by atoms with Crippen molar-refractivity contribution in [3.63, 3.8) is 0 Å². The third-order valence-corrected chi connectivity index (χ3v) is 2.93. The third kappa shape index (κ3) is 3.75. The number of aryl methyl sites for hydroxylation is 1. The van der Waals surface area contributed by atoms with Crippen LogP contribution in [0, 0.1) is 0 Å². The average Bonchev–Trinajstić information content (AvgIpc) is 3.18. The molecule has 1 aromatic heterocycles. The Bertz CT molecular complexity index is 364. The van der Waals surface area contributed by atoms with E-state index in [-0.39, 0.29) is 0 Å². The lowest BCUT2D eigenvalue weighted by molar-refractivity contribution is 0.128. The second-order valence-corrected chi connectivity index (χ2v) is 4.40. The minimum Gasteiger partial charge on any atom is -0.374 e. The van der Waals surface area contributed by atoms with E-state index >= 15 is 0 Å². The van der Waals surface area contributed by atoms with Gasteiger partial charge in [-0.1, -0.05) is 6.92 Å². The molecular formula is C13H21N3O. The molecule has 1 aromatic rings. The van der Waals surface area contributed by atoms with Gasteiger partial charge >= 0.3 is 0 Å². The van der Waals surface area contributed by atoms with Crippen LogP contribution < -0.4 is 5.32 Å². The summed E-state index contributed by atoms with van der Waals surface area (Å²) in [4.78, 5) is 8.90. The van der Waals surface area contributed by atoms with Crippen molar-refractivity contribution in [1.82, 2.24) is 15.3 Å². The fourth-order valence-electron chi connectivity index (χ4n) is 1.74. The number of aromatic nitrogens is 2. The molecule has 0 aromatic carbocycles. The highest BCUT2D eigenvalue weighted by molar-refractivity contribution is 5.17. The van der Waals surface area contributed by atoms with E-state index in [2.05, 4.69) is 22.2 Å². The van der Waals surface area contributed by atoms with Crippen LogP contribution in [0.25, 0.3) is 0 Å². The molecule has 0 unspecified atom stereocenters. The Morgan fingerprint density at radius 3 is 2.88 bits per heavy atom. The summed E-state index contributed by atoms with van der Waals surface area (Å²) in [5.74, 6) is 0.791. The van der Waals surface area contributed by atoms with Crippen LogP contribution in [-0.2, 0) is 24.3 Å². The van der Waals surface area contributed by atoms with E-state index in [9.17, 15) is 0 Å². The first-order valence-corrected chi connectivity index (χ1v) is 6.48. The minimum atomic E-state index is 0.514. The van der Waals surface area contributed by atoms with Gasteiger partial charge in [0.05, 0.1) is 0 Å². The van der Waals surface area contributed by atoms with Crippen LogP contribution >= 0.6 is 0 Å². The Kier molecular flexibility index (Phi) is 4.45. The van der Waals surface area contributed by atoms with E-state index in [4.69, 9.17) is 4.74 Å². The second kappa shape index (κ2) is 6.07. The van der Waals surface area contributed by atoms with Crippen LogP contribution in [0.1, 0.15) is 43.8 Å². The van der Waals surface area contributed by atoms with Gasteiger partial charge < -0.3 is 10.1 Å². The summed E-state index contributed by atoms with van der Waals surface area (Å²) in [6, 6.07) is 0.725. The Morgan fingerprint density at radius 2 is 2.24 bits per heavy atom. The molecule has 94 valence electrons. The summed E-state index contributed by atoms with van der Waals surface area (Å²) in [7, 11) is 0. The minimum absolute atomic E-state index is 0.514. The third-order valence-electron chi connectivity index (χ3n) is 2.93. The summed E-state index contributed by atoms with van der Waals surface area (Å²) in [5.41, 5.74) is 2.36. The van der Waals surface area contributed by atoms with E-state index in [0.717, 1.165) is 30.5 Å². The molecule has 0 radical (unpaired) electrons. The standard InChI is InChI=1S/C13H21N3O/c1-3-12-10(7-14-11-5-6-11)8-15-13(16-12)9-17-4-2/h8,11,14H,3-7,9H2,1-2H3. The van der Waals surface area contributed by atoms with Gasteiger partial charge in [0.1, 0.15) is 6.61 Å². The molecule has 1 saturated carbocycles. The highest BCUT2D eigenvalue weighted by atomic mass is 16.5. The first-order chi connectivity index (χ1) is 8.33. The molecule has 2 rings (SSSR count). The van der Waals surface area contributed by atoms with Gasteiger partial charge in [-0.05, 0) is 26.2 Å². The first kappa shape index (κ1) is 12.5. The Balaban J connectivity index is 1.98. The van der Waals surface area contributed by atoms with Crippen LogP contribution in [0.2, 0.25) is 0 Å². The lowest BCUT2D eigenvalue weighted by Gasteiger charge is -2.09. The topological polar surface area (TPSA) is 47.0 Å². The van der Waals surface area contributed by atoms with Crippen molar-refractivity contribution in [2.75, 3.05) is 6.61 Å². The number of rotatable bonds is 7. The maximum Gasteiger partial charge on any atom is 0.154 e. The van der Waals surface area contributed by atoms with Gasteiger partial charge in [-0.15, -0.1) is 0 Å². The zero-order chi connectivity index (χ0) is 12.1. The molecule has 0 amide bonds. The van der Waals surface area contributed by atoms with E-state index in [0.29, 0.717) is 13.2 Å². The van der Waals surface area contributed by atoms with Gasteiger partial charge in [0, 0.05) is 36.6 Å². The van der Waals surface area contributed by atoms with Crippen molar-refractivity contribution in [2.24, 2.45) is 0 Å². The van der Waals surface area contributed by atoms with Crippen molar-refractivity contribution in [1.29, 1.82) is 0 Å². The van der Waals surface area contributed by atoms with Crippen molar-refractivity contribution in [2.45, 2.75) is 52.3 Å². The molecule has 17 heavy (non-hydrogen) atoms. The molecular weight excluding hydrogens is 214 g/mol. The van der Waals surface area contributed by atoms with Crippen LogP contribution in [-0.4, -0.2) is 22.6 Å². The second-order valence-electron chi connectivity index (χ2n) is 4.40. The predicted molar refractivity (Wildman–Crippen MR) is 66.6 cm³/mol. The maximum absolute atomic E-state index is 5.33. The summed E-state index contributed by atoms with van der Waals surface area (Å²) >= 11 is 0. The Labute approximate surface area is 103 Å². The van der Waals surface area contributed by atoms with Crippen LogP contribution in [0.15, 0.2) is 6.20 Å². The zero-order valence-corrected chi connectivity index (χ0v) is 10.7. The van der Waals surface area contributed by atoms with Crippen LogP contribution in [0.5, 0.6) is 0 Å². The lowest BCUT2D eigenvalue weighted by atomic mass is 10.2. The molecule has 1 N–H and O–H groups in total. The molecule has 0 aliphatic heterocycles. The molecule has 1 aliphatic carbocycles. The quantitative estimate of drug-likeness (QED) is 0.783. The van der Waals surface area contributed by atoms with Crippen molar-refractivity contribution in [3.8, 4) is 0 Å². The maximum atomic E-state index is 5.33. The zero-order valence-electron chi connectivity index (χ0n) is 10.7. The monoisotopic (exact) mass is 235 g/mol. The Hall–Kier alpha value is -1.00. The van der Waals surface area contributed by atoms with Gasteiger partial charge in [0.25, 0.3) is 0 Å². The largest absolute Gasteiger partial charge is 0.374 e. The average molecular weight is 235 g/mol. The number of ether oxygens (including phenoxy) is 1. The molecule has 4 nitrogen and oxygen atoms in total. The van der Waals surface area contributed by atoms with Gasteiger partial charge in [-0.2, -0.15) is 0 Å². The number of nitrogens with one attached hydrogen (secondary N) is 1. The molecule has 0 atom stereocenters. The Morgan fingerprint density at radius 1 is 1.41 bits per heavy atom. The number of hydrogen-bond donors (Lipinski definition) is 1. The summed E-state index contributed by atoms with van der Waals surface area (Å²) < 4.78 is 5.33. The fourth-order valence-corrected chi connectivity index (χ4v) is 1.74. The number of nitrogens with zero attached hydrogens (tertiary/aromatic N) is 2. The lowest BCUT2D eigenvalue weighted by Crippen LogP contribution is -2.18. The SMILES string of the molecule is CCOCc1ncc(CNC2CC2)c(CC)n1. The van der Waals surface area contributed by atoms with Gasteiger partial charge in [0.2, 0.25) is 0 Å². The van der Waals surface area contributed by atoms with Gasteiger partial charge in [-0.25, -0.2) is 9.97 Å².